The van der Waals surface area contributed by atoms with Crippen LogP contribution in [0.3, 0.4) is 0 Å². The first kappa shape index (κ1) is 18.2. The molecule has 0 aliphatic rings. The number of fused-ring (bicyclic) bond motifs is 1. The first-order valence-electron chi connectivity index (χ1n) is 9.00. The van der Waals surface area contributed by atoms with E-state index in [2.05, 4.69) is 32.4 Å². The zero-order valence-electron chi connectivity index (χ0n) is 15.7. The highest BCUT2D eigenvalue weighted by Crippen LogP contribution is 2.22. The normalized spacial score (nSPS) is 11.0. The number of nitrogens with zero attached hydrogens (tertiary/aromatic N) is 4. The van der Waals surface area contributed by atoms with Gasteiger partial charge in [-0.25, -0.2) is 0 Å². The Bertz CT molecular complexity index is 1140. The number of hydrogen-bond donors (Lipinski definition) is 3. The Kier molecular flexibility index (Phi) is 4.81. The van der Waals surface area contributed by atoms with E-state index in [4.69, 9.17) is 0 Å². The van der Waals surface area contributed by atoms with Crippen LogP contribution in [0.25, 0.3) is 16.9 Å². The molecule has 0 radical (unpaired) electrons. The van der Waals surface area contributed by atoms with Gasteiger partial charge in [-0.1, -0.05) is 42.5 Å². The van der Waals surface area contributed by atoms with Gasteiger partial charge in [-0.05, 0) is 37.0 Å². The second kappa shape index (κ2) is 7.42. The SMILES string of the molecule is Cc1nc(NCc2cccc(B(O)O)c2)nc(-n2c(C)cc3ccccc32)n1. The number of para-hydroxylation sites is 1. The minimum Gasteiger partial charge on any atom is -0.423 e. The van der Waals surface area contributed by atoms with E-state index in [9.17, 15) is 10.0 Å². The highest BCUT2D eigenvalue weighted by molar-refractivity contribution is 6.58. The van der Waals surface area contributed by atoms with Gasteiger partial charge in [-0.15, -0.1) is 0 Å². The van der Waals surface area contributed by atoms with Crippen molar-refractivity contribution in [2.45, 2.75) is 20.4 Å². The van der Waals surface area contributed by atoms with Crippen LogP contribution in [0.2, 0.25) is 0 Å². The summed E-state index contributed by atoms with van der Waals surface area (Å²) in [5.41, 5.74) is 3.43. The van der Waals surface area contributed by atoms with E-state index in [1.807, 2.05) is 42.7 Å². The number of aryl methyl sites for hydroxylation is 2. The average molecular weight is 373 g/mol. The van der Waals surface area contributed by atoms with Crippen LogP contribution in [-0.2, 0) is 6.54 Å². The Morgan fingerprint density at radius 1 is 0.964 bits per heavy atom. The molecule has 3 N–H and O–H groups in total. The van der Waals surface area contributed by atoms with Crippen molar-refractivity contribution in [3.8, 4) is 5.95 Å². The lowest BCUT2D eigenvalue weighted by Crippen LogP contribution is -2.30. The lowest BCUT2D eigenvalue weighted by atomic mass is 9.80. The van der Waals surface area contributed by atoms with Crippen molar-refractivity contribution >= 4 is 29.4 Å². The third-order valence-corrected chi connectivity index (χ3v) is 4.53. The van der Waals surface area contributed by atoms with Crippen molar-refractivity contribution in [1.82, 2.24) is 19.5 Å². The van der Waals surface area contributed by atoms with E-state index in [1.165, 1.54) is 0 Å². The summed E-state index contributed by atoms with van der Waals surface area (Å²) in [7, 11) is -1.49. The molecule has 0 bridgehead atoms. The molecule has 28 heavy (non-hydrogen) atoms. The van der Waals surface area contributed by atoms with Crippen LogP contribution in [0.4, 0.5) is 5.95 Å². The van der Waals surface area contributed by atoms with Crippen LogP contribution >= 0.6 is 0 Å². The minimum absolute atomic E-state index is 0.446. The number of aromatic nitrogens is 4. The molecule has 2 aromatic carbocycles. The van der Waals surface area contributed by atoms with Gasteiger partial charge >= 0.3 is 7.12 Å². The Balaban J connectivity index is 1.64. The van der Waals surface area contributed by atoms with Gasteiger partial charge in [0.2, 0.25) is 11.9 Å². The van der Waals surface area contributed by atoms with Crippen LogP contribution in [0, 0.1) is 13.8 Å². The van der Waals surface area contributed by atoms with Crippen LogP contribution in [0.5, 0.6) is 0 Å². The molecular formula is C20H20BN5O2. The Labute approximate surface area is 162 Å². The quantitative estimate of drug-likeness (QED) is 0.461. The molecule has 2 heterocycles. The first-order valence-corrected chi connectivity index (χ1v) is 9.00. The summed E-state index contributed by atoms with van der Waals surface area (Å²) in [5.74, 6) is 1.65. The summed E-state index contributed by atoms with van der Waals surface area (Å²) in [6, 6.07) is 17.3. The third-order valence-electron chi connectivity index (χ3n) is 4.53. The van der Waals surface area contributed by atoms with Crippen molar-refractivity contribution < 1.29 is 10.0 Å². The molecule has 0 saturated heterocycles. The Morgan fingerprint density at radius 3 is 2.61 bits per heavy atom. The highest BCUT2D eigenvalue weighted by Gasteiger charge is 2.13. The molecule has 0 unspecified atom stereocenters. The Morgan fingerprint density at radius 2 is 1.79 bits per heavy atom. The van der Waals surface area contributed by atoms with E-state index in [-0.39, 0.29) is 0 Å². The van der Waals surface area contributed by atoms with E-state index in [0.717, 1.165) is 22.2 Å². The van der Waals surface area contributed by atoms with Crippen LogP contribution in [-0.4, -0.2) is 36.7 Å². The number of hydrogen-bond acceptors (Lipinski definition) is 6. The smallest absolute Gasteiger partial charge is 0.423 e. The number of nitrogens with one attached hydrogen (secondary N) is 1. The fourth-order valence-corrected chi connectivity index (χ4v) is 3.25. The molecule has 0 aliphatic heterocycles. The number of rotatable bonds is 5. The Hall–Kier alpha value is -3.23. The van der Waals surface area contributed by atoms with Gasteiger partial charge in [0.25, 0.3) is 0 Å². The van der Waals surface area contributed by atoms with E-state index in [0.29, 0.717) is 29.7 Å². The number of benzene rings is 2. The number of anilines is 1. The summed E-state index contributed by atoms with van der Waals surface area (Å²) < 4.78 is 2.01. The summed E-state index contributed by atoms with van der Waals surface area (Å²) in [5, 5.41) is 23.0. The molecule has 0 aliphatic carbocycles. The van der Waals surface area contributed by atoms with Crippen molar-refractivity contribution in [2.75, 3.05) is 5.32 Å². The predicted molar refractivity (Wildman–Crippen MR) is 110 cm³/mol. The van der Waals surface area contributed by atoms with Gasteiger partial charge in [0.1, 0.15) is 5.82 Å². The predicted octanol–water partition coefficient (Wildman–Crippen LogP) is 1.72. The molecule has 0 atom stereocenters. The molecule has 0 spiro atoms. The topological polar surface area (TPSA) is 96.1 Å². The molecule has 7 nitrogen and oxygen atoms in total. The molecule has 4 aromatic rings. The maximum atomic E-state index is 9.32. The summed E-state index contributed by atoms with van der Waals surface area (Å²) >= 11 is 0. The average Bonchev–Trinajstić information content (AvgIpc) is 3.02. The van der Waals surface area contributed by atoms with Crippen molar-refractivity contribution in [2.24, 2.45) is 0 Å². The molecular weight excluding hydrogens is 353 g/mol. The standard InChI is InChI=1S/C20H20BN5O2/c1-13-10-16-7-3-4-9-18(16)26(13)20-24-14(2)23-19(25-20)22-12-15-6-5-8-17(11-15)21(27)28/h3-11,27-28H,12H2,1-2H3,(H,22,23,24,25). The lowest BCUT2D eigenvalue weighted by Gasteiger charge is -2.11. The molecule has 2 aromatic heterocycles. The third kappa shape index (κ3) is 3.60. The van der Waals surface area contributed by atoms with Crippen LogP contribution < -0.4 is 10.8 Å². The second-order valence-electron chi connectivity index (χ2n) is 6.66. The summed E-state index contributed by atoms with van der Waals surface area (Å²) in [4.78, 5) is 13.5. The fourth-order valence-electron chi connectivity index (χ4n) is 3.25. The van der Waals surface area contributed by atoms with Crippen LogP contribution in [0.15, 0.2) is 54.6 Å². The van der Waals surface area contributed by atoms with E-state index >= 15 is 0 Å². The van der Waals surface area contributed by atoms with Gasteiger partial charge < -0.3 is 15.4 Å². The zero-order chi connectivity index (χ0) is 19.7. The summed E-state index contributed by atoms with van der Waals surface area (Å²) in [6.07, 6.45) is 0. The minimum atomic E-state index is -1.49. The monoisotopic (exact) mass is 373 g/mol. The van der Waals surface area contributed by atoms with E-state index < -0.39 is 7.12 Å². The van der Waals surface area contributed by atoms with Crippen molar-refractivity contribution in [1.29, 1.82) is 0 Å². The molecule has 0 saturated carbocycles. The first-order chi connectivity index (χ1) is 13.5. The highest BCUT2D eigenvalue weighted by atomic mass is 16.4. The van der Waals surface area contributed by atoms with Crippen LogP contribution in [0.1, 0.15) is 17.1 Å². The molecule has 140 valence electrons. The van der Waals surface area contributed by atoms with Crippen molar-refractivity contribution in [3.63, 3.8) is 0 Å². The largest absolute Gasteiger partial charge is 0.488 e. The summed E-state index contributed by atoms with van der Waals surface area (Å²) in [6.45, 7) is 4.31. The van der Waals surface area contributed by atoms with Gasteiger partial charge in [-0.3, -0.25) is 4.57 Å². The van der Waals surface area contributed by atoms with Crippen molar-refractivity contribution in [3.05, 3.63) is 71.7 Å². The molecule has 8 heteroatoms. The zero-order valence-corrected chi connectivity index (χ0v) is 15.7. The van der Waals surface area contributed by atoms with Gasteiger partial charge in [-0.2, -0.15) is 15.0 Å². The fraction of sp³-hybridized carbons (Fsp3) is 0.150. The molecule has 0 fully saturated rings. The molecule has 4 rings (SSSR count). The maximum Gasteiger partial charge on any atom is 0.488 e. The maximum absolute atomic E-state index is 9.32. The van der Waals surface area contributed by atoms with Gasteiger partial charge in [0.05, 0.1) is 5.52 Å². The van der Waals surface area contributed by atoms with E-state index in [1.54, 1.807) is 18.2 Å². The lowest BCUT2D eigenvalue weighted by molar-refractivity contribution is 0.425. The van der Waals surface area contributed by atoms with Gasteiger partial charge in [0.15, 0.2) is 0 Å². The van der Waals surface area contributed by atoms with Gasteiger partial charge in [0, 0.05) is 17.6 Å². The second-order valence-corrected chi connectivity index (χ2v) is 6.66. The molecule has 0 amide bonds.